The Morgan fingerprint density at radius 1 is 1.46 bits per heavy atom. The standard InChI is InChI=1S/C10H13BrClN/c1-7-6-8(2)13-10(12)9(7)4-3-5-11/h6H,3-5H2,1-2H3. The quantitative estimate of drug-likeness (QED) is 0.598. The fraction of sp³-hybridized carbons (Fsp3) is 0.500. The second-order valence-electron chi connectivity index (χ2n) is 3.14. The molecule has 13 heavy (non-hydrogen) atoms. The van der Waals surface area contributed by atoms with Crippen molar-refractivity contribution >= 4 is 27.5 Å². The van der Waals surface area contributed by atoms with Crippen LogP contribution in [-0.4, -0.2) is 10.3 Å². The normalized spacial score (nSPS) is 10.5. The highest BCUT2D eigenvalue weighted by Gasteiger charge is 2.05. The predicted octanol–water partition coefficient (Wildman–Crippen LogP) is 3.68. The van der Waals surface area contributed by atoms with E-state index in [-0.39, 0.29) is 0 Å². The average Bonchev–Trinajstić information content (AvgIpc) is 2.02. The molecular weight excluding hydrogens is 249 g/mol. The van der Waals surface area contributed by atoms with Gasteiger partial charge in [0.25, 0.3) is 0 Å². The molecule has 0 spiro atoms. The van der Waals surface area contributed by atoms with Crippen LogP contribution in [0.5, 0.6) is 0 Å². The number of alkyl halides is 1. The minimum absolute atomic E-state index is 0.665. The number of rotatable bonds is 3. The van der Waals surface area contributed by atoms with Crippen LogP contribution in [0.25, 0.3) is 0 Å². The zero-order valence-electron chi connectivity index (χ0n) is 7.90. The van der Waals surface area contributed by atoms with Crippen molar-refractivity contribution in [1.29, 1.82) is 0 Å². The van der Waals surface area contributed by atoms with E-state index in [1.807, 2.05) is 6.92 Å². The highest BCUT2D eigenvalue weighted by Crippen LogP contribution is 2.20. The Kier molecular flexibility index (Phi) is 4.20. The lowest BCUT2D eigenvalue weighted by atomic mass is 10.1. The lowest BCUT2D eigenvalue weighted by molar-refractivity contribution is 0.915. The summed E-state index contributed by atoms with van der Waals surface area (Å²) in [6.45, 7) is 4.05. The number of pyridine rings is 1. The van der Waals surface area contributed by atoms with Crippen molar-refractivity contribution in [2.24, 2.45) is 0 Å². The molecule has 0 aromatic carbocycles. The third-order valence-corrected chi connectivity index (χ3v) is 2.86. The van der Waals surface area contributed by atoms with Gasteiger partial charge < -0.3 is 0 Å². The first-order chi connectivity index (χ1) is 6.15. The molecule has 0 N–H and O–H groups in total. The predicted molar refractivity (Wildman–Crippen MR) is 60.8 cm³/mol. The molecule has 0 aliphatic rings. The van der Waals surface area contributed by atoms with Gasteiger partial charge in [0, 0.05) is 11.0 Å². The topological polar surface area (TPSA) is 12.9 Å². The van der Waals surface area contributed by atoms with Crippen LogP contribution in [-0.2, 0) is 6.42 Å². The van der Waals surface area contributed by atoms with Gasteiger partial charge >= 0.3 is 0 Å². The number of halogens is 2. The van der Waals surface area contributed by atoms with Gasteiger partial charge in [0.05, 0.1) is 0 Å². The Labute approximate surface area is 92.6 Å². The molecule has 0 bridgehead atoms. The van der Waals surface area contributed by atoms with E-state index in [0.29, 0.717) is 5.15 Å². The Balaban J connectivity index is 2.92. The summed E-state index contributed by atoms with van der Waals surface area (Å²) in [6, 6.07) is 2.08. The highest BCUT2D eigenvalue weighted by atomic mass is 79.9. The first-order valence-corrected chi connectivity index (χ1v) is 5.83. The van der Waals surface area contributed by atoms with Gasteiger partial charge in [0.1, 0.15) is 5.15 Å². The van der Waals surface area contributed by atoms with Crippen molar-refractivity contribution in [2.75, 3.05) is 5.33 Å². The van der Waals surface area contributed by atoms with Gasteiger partial charge in [-0.15, -0.1) is 0 Å². The maximum atomic E-state index is 6.04. The molecular formula is C10H13BrClN. The fourth-order valence-corrected chi connectivity index (χ4v) is 2.02. The summed E-state index contributed by atoms with van der Waals surface area (Å²) in [7, 11) is 0. The van der Waals surface area contributed by atoms with E-state index < -0.39 is 0 Å². The molecule has 0 radical (unpaired) electrons. The fourth-order valence-electron chi connectivity index (χ4n) is 1.36. The first kappa shape index (κ1) is 11.0. The molecule has 1 aromatic heterocycles. The molecule has 0 unspecified atom stereocenters. The summed E-state index contributed by atoms with van der Waals surface area (Å²) < 4.78 is 0. The maximum Gasteiger partial charge on any atom is 0.132 e. The lowest BCUT2D eigenvalue weighted by Crippen LogP contribution is -1.96. The van der Waals surface area contributed by atoms with Gasteiger partial charge in [0.2, 0.25) is 0 Å². The molecule has 1 aromatic rings. The van der Waals surface area contributed by atoms with E-state index >= 15 is 0 Å². The van der Waals surface area contributed by atoms with Gasteiger partial charge in [-0.05, 0) is 43.9 Å². The molecule has 0 fully saturated rings. The van der Waals surface area contributed by atoms with Crippen LogP contribution in [0.2, 0.25) is 5.15 Å². The van der Waals surface area contributed by atoms with Gasteiger partial charge in [0.15, 0.2) is 0 Å². The van der Waals surface area contributed by atoms with E-state index in [2.05, 4.69) is 33.9 Å². The van der Waals surface area contributed by atoms with Crippen LogP contribution >= 0.6 is 27.5 Å². The zero-order valence-corrected chi connectivity index (χ0v) is 10.2. The Morgan fingerprint density at radius 2 is 2.15 bits per heavy atom. The summed E-state index contributed by atoms with van der Waals surface area (Å²) in [5.41, 5.74) is 3.43. The van der Waals surface area contributed by atoms with Crippen molar-refractivity contribution in [3.63, 3.8) is 0 Å². The van der Waals surface area contributed by atoms with Gasteiger partial charge in [-0.3, -0.25) is 0 Å². The monoisotopic (exact) mass is 261 g/mol. The van der Waals surface area contributed by atoms with Crippen molar-refractivity contribution in [2.45, 2.75) is 26.7 Å². The van der Waals surface area contributed by atoms with E-state index in [4.69, 9.17) is 11.6 Å². The third-order valence-electron chi connectivity index (χ3n) is 1.99. The van der Waals surface area contributed by atoms with Crippen molar-refractivity contribution in [1.82, 2.24) is 4.98 Å². The Bertz CT molecular complexity index is 276. The van der Waals surface area contributed by atoms with Gasteiger partial charge in [-0.25, -0.2) is 4.98 Å². The van der Waals surface area contributed by atoms with Crippen LogP contribution in [0.4, 0.5) is 0 Å². The van der Waals surface area contributed by atoms with Gasteiger partial charge in [-0.2, -0.15) is 0 Å². The van der Waals surface area contributed by atoms with Crippen LogP contribution in [0.1, 0.15) is 23.2 Å². The number of aryl methyl sites for hydroxylation is 2. The zero-order chi connectivity index (χ0) is 9.84. The molecule has 0 amide bonds. The van der Waals surface area contributed by atoms with E-state index in [9.17, 15) is 0 Å². The minimum Gasteiger partial charge on any atom is -0.241 e. The molecule has 72 valence electrons. The molecule has 0 aliphatic heterocycles. The van der Waals surface area contributed by atoms with E-state index in [0.717, 1.165) is 23.9 Å². The van der Waals surface area contributed by atoms with Crippen LogP contribution < -0.4 is 0 Å². The van der Waals surface area contributed by atoms with Crippen molar-refractivity contribution in [3.05, 3.63) is 28.0 Å². The largest absolute Gasteiger partial charge is 0.241 e. The SMILES string of the molecule is Cc1cc(C)c(CCCBr)c(Cl)n1. The van der Waals surface area contributed by atoms with Crippen LogP contribution in [0.15, 0.2) is 6.07 Å². The Hall–Kier alpha value is -0.0800. The molecule has 0 saturated carbocycles. The Morgan fingerprint density at radius 3 is 2.69 bits per heavy atom. The number of hydrogen-bond donors (Lipinski definition) is 0. The van der Waals surface area contributed by atoms with Crippen molar-refractivity contribution in [3.8, 4) is 0 Å². The molecule has 1 heterocycles. The lowest BCUT2D eigenvalue weighted by Gasteiger charge is -2.07. The molecule has 0 aliphatic carbocycles. The summed E-state index contributed by atoms with van der Waals surface area (Å²) in [5.74, 6) is 0. The summed E-state index contributed by atoms with van der Waals surface area (Å²) in [5, 5.41) is 1.68. The third kappa shape index (κ3) is 2.96. The van der Waals surface area contributed by atoms with E-state index in [1.165, 1.54) is 11.1 Å². The smallest absolute Gasteiger partial charge is 0.132 e. The first-order valence-electron chi connectivity index (χ1n) is 4.33. The van der Waals surface area contributed by atoms with E-state index in [1.54, 1.807) is 0 Å². The van der Waals surface area contributed by atoms with Crippen LogP contribution in [0, 0.1) is 13.8 Å². The second-order valence-corrected chi connectivity index (χ2v) is 4.29. The second kappa shape index (κ2) is 4.97. The van der Waals surface area contributed by atoms with Gasteiger partial charge in [-0.1, -0.05) is 27.5 Å². The van der Waals surface area contributed by atoms with Crippen LogP contribution in [0.3, 0.4) is 0 Å². The highest BCUT2D eigenvalue weighted by molar-refractivity contribution is 9.09. The number of nitrogens with zero attached hydrogens (tertiary/aromatic N) is 1. The molecule has 0 atom stereocenters. The van der Waals surface area contributed by atoms with Crippen molar-refractivity contribution < 1.29 is 0 Å². The molecule has 0 saturated heterocycles. The minimum atomic E-state index is 0.665. The molecule has 3 heteroatoms. The number of hydrogen-bond acceptors (Lipinski definition) is 1. The summed E-state index contributed by atoms with van der Waals surface area (Å²) in [6.07, 6.45) is 2.11. The molecule has 1 rings (SSSR count). The summed E-state index contributed by atoms with van der Waals surface area (Å²) in [4.78, 5) is 4.24. The summed E-state index contributed by atoms with van der Waals surface area (Å²) >= 11 is 9.45. The maximum absolute atomic E-state index is 6.04. The molecule has 1 nitrogen and oxygen atoms in total. The average molecular weight is 263 g/mol. The number of aromatic nitrogens is 1.